The minimum absolute atomic E-state index is 0.0637. The minimum Gasteiger partial charge on any atom is -0.462 e. The summed E-state index contributed by atoms with van der Waals surface area (Å²) in [6.07, 6.45) is 45.3. The maximum absolute atomic E-state index is 12.7. The highest BCUT2D eigenvalue weighted by molar-refractivity contribution is 5.71. The number of esters is 3. The average Bonchev–Trinajstić information content (AvgIpc) is 3.18. The second-order valence-corrected chi connectivity index (χ2v) is 17.6. The molecule has 0 fully saturated rings. The maximum Gasteiger partial charge on any atom is 0.306 e. The normalized spacial score (nSPS) is 11.9. The Morgan fingerprint density at radius 2 is 0.589 bits per heavy atom. The van der Waals surface area contributed by atoms with E-state index in [0.717, 1.165) is 63.7 Å². The summed E-state index contributed by atoms with van der Waals surface area (Å²) in [7, 11) is 0. The molecule has 0 heterocycles. The van der Waals surface area contributed by atoms with Crippen LogP contribution in [0.4, 0.5) is 0 Å². The molecule has 0 aromatic heterocycles. The van der Waals surface area contributed by atoms with Crippen LogP contribution in [0.25, 0.3) is 0 Å². The molecule has 0 aliphatic carbocycles. The first-order valence-electron chi connectivity index (χ1n) is 24.9. The van der Waals surface area contributed by atoms with Gasteiger partial charge in [-0.05, 0) is 25.2 Å². The van der Waals surface area contributed by atoms with Gasteiger partial charge in [0.25, 0.3) is 0 Å². The van der Waals surface area contributed by atoms with Gasteiger partial charge in [0, 0.05) is 19.3 Å². The molecular formula is C50H96O6. The van der Waals surface area contributed by atoms with Gasteiger partial charge in [0.1, 0.15) is 13.2 Å². The molecule has 332 valence electrons. The molecule has 0 radical (unpaired) electrons. The second-order valence-electron chi connectivity index (χ2n) is 17.6. The van der Waals surface area contributed by atoms with Gasteiger partial charge in [-0.15, -0.1) is 0 Å². The van der Waals surface area contributed by atoms with E-state index in [0.29, 0.717) is 19.3 Å². The molecule has 0 bridgehead atoms. The smallest absolute Gasteiger partial charge is 0.306 e. The summed E-state index contributed by atoms with van der Waals surface area (Å²) in [4.78, 5) is 37.8. The highest BCUT2D eigenvalue weighted by atomic mass is 16.6. The number of carbonyl (C=O) groups is 3. The van der Waals surface area contributed by atoms with Crippen LogP contribution in [0.3, 0.4) is 0 Å². The van der Waals surface area contributed by atoms with Crippen molar-refractivity contribution in [2.45, 2.75) is 284 Å². The highest BCUT2D eigenvalue weighted by Crippen LogP contribution is 2.17. The third-order valence-electron chi connectivity index (χ3n) is 11.3. The molecule has 0 unspecified atom stereocenters. The van der Waals surface area contributed by atoms with Crippen LogP contribution in [0.1, 0.15) is 278 Å². The van der Waals surface area contributed by atoms with E-state index in [1.54, 1.807) is 0 Å². The Kier molecular flexibility index (Phi) is 43.2. The fourth-order valence-corrected chi connectivity index (χ4v) is 7.51. The zero-order valence-electron chi connectivity index (χ0n) is 38.1. The van der Waals surface area contributed by atoms with Crippen LogP contribution in [-0.4, -0.2) is 37.2 Å². The minimum atomic E-state index is -0.759. The third kappa shape index (κ3) is 43.5. The van der Waals surface area contributed by atoms with E-state index < -0.39 is 6.10 Å². The lowest BCUT2D eigenvalue weighted by atomic mass is 10.0. The lowest BCUT2D eigenvalue weighted by Crippen LogP contribution is -2.30. The number of unbranched alkanes of at least 4 members (excludes halogenated alkanes) is 32. The predicted molar refractivity (Wildman–Crippen MR) is 238 cm³/mol. The van der Waals surface area contributed by atoms with Gasteiger partial charge >= 0.3 is 17.9 Å². The maximum atomic E-state index is 12.7. The van der Waals surface area contributed by atoms with Gasteiger partial charge in [-0.1, -0.05) is 240 Å². The predicted octanol–water partition coefficient (Wildman–Crippen LogP) is 15.9. The van der Waals surface area contributed by atoms with Gasteiger partial charge in [-0.25, -0.2) is 0 Å². The van der Waals surface area contributed by atoms with E-state index in [4.69, 9.17) is 14.2 Å². The standard InChI is InChI=1S/C50H96O6/c1-5-7-9-11-13-15-16-17-18-19-20-21-22-23-25-29-33-37-41-48(51)54-44-47(56-50(53)43-39-35-31-24-14-12-10-8-6-2)45-55-49(52)42-38-34-30-27-26-28-32-36-40-46(3)4/h46-47H,5-45H2,1-4H3/t47-/m1/s1. The highest BCUT2D eigenvalue weighted by Gasteiger charge is 2.19. The molecule has 1 atom stereocenters. The average molecular weight is 793 g/mol. The van der Waals surface area contributed by atoms with Crippen molar-refractivity contribution < 1.29 is 28.6 Å². The van der Waals surface area contributed by atoms with Crippen LogP contribution in [0, 0.1) is 5.92 Å². The van der Waals surface area contributed by atoms with E-state index in [9.17, 15) is 14.4 Å². The fraction of sp³-hybridized carbons (Fsp3) is 0.940. The van der Waals surface area contributed by atoms with E-state index in [2.05, 4.69) is 27.7 Å². The van der Waals surface area contributed by atoms with Crippen LogP contribution < -0.4 is 0 Å². The quantitative estimate of drug-likeness (QED) is 0.0347. The zero-order valence-corrected chi connectivity index (χ0v) is 38.1. The number of rotatable bonds is 45. The summed E-state index contributed by atoms with van der Waals surface area (Å²) in [6, 6.07) is 0. The van der Waals surface area contributed by atoms with Crippen LogP contribution in [-0.2, 0) is 28.6 Å². The van der Waals surface area contributed by atoms with Crippen molar-refractivity contribution in [2.24, 2.45) is 5.92 Å². The van der Waals surface area contributed by atoms with Crippen molar-refractivity contribution in [1.29, 1.82) is 0 Å². The van der Waals surface area contributed by atoms with Crippen molar-refractivity contribution >= 4 is 17.9 Å². The molecule has 6 nitrogen and oxygen atoms in total. The Morgan fingerprint density at radius 3 is 0.875 bits per heavy atom. The number of hydrogen-bond donors (Lipinski definition) is 0. The van der Waals surface area contributed by atoms with Crippen LogP contribution in [0.5, 0.6) is 0 Å². The van der Waals surface area contributed by atoms with Gasteiger partial charge in [0.2, 0.25) is 0 Å². The van der Waals surface area contributed by atoms with Crippen molar-refractivity contribution in [2.75, 3.05) is 13.2 Å². The number of hydrogen-bond acceptors (Lipinski definition) is 6. The summed E-state index contributed by atoms with van der Waals surface area (Å²) < 4.78 is 16.7. The number of ether oxygens (including phenoxy) is 3. The lowest BCUT2D eigenvalue weighted by Gasteiger charge is -2.18. The Hall–Kier alpha value is -1.59. The monoisotopic (exact) mass is 793 g/mol. The van der Waals surface area contributed by atoms with E-state index in [1.165, 1.54) is 173 Å². The summed E-state index contributed by atoms with van der Waals surface area (Å²) in [5.41, 5.74) is 0. The molecule has 0 spiro atoms. The molecule has 0 rings (SSSR count). The molecule has 0 saturated carbocycles. The van der Waals surface area contributed by atoms with E-state index in [1.807, 2.05) is 0 Å². The molecule has 0 aromatic rings. The first-order chi connectivity index (χ1) is 27.4. The molecule has 0 amide bonds. The first-order valence-corrected chi connectivity index (χ1v) is 24.9. The summed E-state index contributed by atoms with van der Waals surface area (Å²) in [5, 5.41) is 0. The number of carbonyl (C=O) groups excluding carboxylic acids is 3. The molecule has 0 N–H and O–H groups in total. The van der Waals surface area contributed by atoms with Crippen molar-refractivity contribution in [3.8, 4) is 0 Å². The van der Waals surface area contributed by atoms with E-state index >= 15 is 0 Å². The van der Waals surface area contributed by atoms with Crippen molar-refractivity contribution in [3.63, 3.8) is 0 Å². The summed E-state index contributed by atoms with van der Waals surface area (Å²) >= 11 is 0. The fourth-order valence-electron chi connectivity index (χ4n) is 7.51. The van der Waals surface area contributed by atoms with E-state index in [-0.39, 0.29) is 31.1 Å². The summed E-state index contributed by atoms with van der Waals surface area (Å²) in [6.45, 7) is 8.97. The molecule has 0 aromatic carbocycles. The van der Waals surface area contributed by atoms with Gasteiger partial charge in [-0.2, -0.15) is 0 Å². The van der Waals surface area contributed by atoms with Gasteiger partial charge < -0.3 is 14.2 Å². The molecule has 0 aliphatic rings. The first kappa shape index (κ1) is 54.4. The lowest BCUT2D eigenvalue weighted by molar-refractivity contribution is -0.167. The molecule has 56 heavy (non-hydrogen) atoms. The van der Waals surface area contributed by atoms with Gasteiger partial charge in [0.15, 0.2) is 6.10 Å². The molecule has 0 aliphatic heterocycles. The molecule has 0 saturated heterocycles. The van der Waals surface area contributed by atoms with Crippen LogP contribution >= 0.6 is 0 Å². The van der Waals surface area contributed by atoms with Gasteiger partial charge in [0.05, 0.1) is 0 Å². The van der Waals surface area contributed by atoms with Crippen LogP contribution in [0.2, 0.25) is 0 Å². The molecule has 6 heteroatoms. The second kappa shape index (κ2) is 44.5. The van der Waals surface area contributed by atoms with Crippen LogP contribution in [0.15, 0.2) is 0 Å². The van der Waals surface area contributed by atoms with Crippen molar-refractivity contribution in [1.82, 2.24) is 0 Å². The molecular weight excluding hydrogens is 697 g/mol. The Labute approximate surface area is 348 Å². The largest absolute Gasteiger partial charge is 0.462 e. The Balaban J connectivity index is 4.21. The Bertz CT molecular complexity index is 841. The van der Waals surface area contributed by atoms with Crippen molar-refractivity contribution in [3.05, 3.63) is 0 Å². The third-order valence-corrected chi connectivity index (χ3v) is 11.3. The topological polar surface area (TPSA) is 78.9 Å². The van der Waals surface area contributed by atoms with Gasteiger partial charge in [-0.3, -0.25) is 14.4 Å². The summed E-state index contributed by atoms with van der Waals surface area (Å²) in [5.74, 6) is -0.0564. The zero-order chi connectivity index (χ0) is 41.0. The SMILES string of the molecule is CCCCCCCCCCCCCCCCCCCCC(=O)OC[C@H](COC(=O)CCCCCCCCCCC(C)C)OC(=O)CCCCCCCCCCC. The Morgan fingerprint density at radius 1 is 0.339 bits per heavy atom.